The molecule has 0 spiro atoms. The van der Waals surface area contributed by atoms with Gasteiger partial charge in [0.15, 0.2) is 0 Å². The van der Waals surface area contributed by atoms with Gasteiger partial charge in [0.2, 0.25) is 0 Å². The highest BCUT2D eigenvalue weighted by molar-refractivity contribution is 9.09. The summed E-state index contributed by atoms with van der Waals surface area (Å²) < 4.78 is 0. The second-order valence-electron chi connectivity index (χ2n) is 5.15. The Morgan fingerprint density at radius 3 is 2.79 bits per heavy atom. The van der Waals surface area contributed by atoms with Gasteiger partial charge in [-0.3, -0.25) is 10.1 Å². The van der Waals surface area contributed by atoms with Gasteiger partial charge in [0.05, 0.1) is 4.92 Å². The number of alkyl halides is 1. The maximum atomic E-state index is 11.1. The van der Waals surface area contributed by atoms with E-state index in [0.29, 0.717) is 15.8 Å². The van der Waals surface area contributed by atoms with Crippen molar-refractivity contribution in [2.45, 2.75) is 43.4 Å². The Labute approximate surface area is 126 Å². The van der Waals surface area contributed by atoms with Crippen LogP contribution in [0.2, 0.25) is 5.02 Å². The zero-order valence-corrected chi connectivity index (χ0v) is 13.0. The van der Waals surface area contributed by atoms with Crippen molar-refractivity contribution in [3.63, 3.8) is 0 Å². The molecule has 5 heteroatoms. The number of nitrogens with zero attached hydrogens (tertiary/aromatic N) is 1. The molecule has 0 heterocycles. The lowest BCUT2D eigenvalue weighted by atomic mass is 9.91. The van der Waals surface area contributed by atoms with Crippen molar-refractivity contribution in [3.05, 3.63) is 38.9 Å². The Hall–Kier alpha value is -0.610. The summed E-state index contributed by atoms with van der Waals surface area (Å²) in [7, 11) is 0. The van der Waals surface area contributed by atoms with Crippen LogP contribution in [0.5, 0.6) is 0 Å². The third-order valence-corrected chi connectivity index (χ3v) is 5.23. The van der Waals surface area contributed by atoms with Gasteiger partial charge < -0.3 is 0 Å². The summed E-state index contributed by atoms with van der Waals surface area (Å²) in [5, 5.41) is 11.5. The zero-order chi connectivity index (χ0) is 13.8. The Morgan fingerprint density at radius 1 is 1.32 bits per heavy atom. The first kappa shape index (κ1) is 14.8. The Kier molecular flexibility index (Phi) is 5.22. The topological polar surface area (TPSA) is 43.1 Å². The van der Waals surface area contributed by atoms with Crippen molar-refractivity contribution in [3.8, 4) is 0 Å². The standard InChI is InChI=1S/C14H17BrClNO2/c15-13-5-3-1-2-4-10(13)8-11-6-7-12(16)9-14(11)17(18)19/h6-7,9-10,13H,1-5,8H2. The lowest BCUT2D eigenvalue weighted by Gasteiger charge is -2.19. The van der Waals surface area contributed by atoms with E-state index in [1.165, 1.54) is 25.3 Å². The van der Waals surface area contributed by atoms with Crippen LogP contribution in [0.4, 0.5) is 5.69 Å². The molecule has 1 saturated carbocycles. The smallest absolute Gasteiger partial charge is 0.258 e. The molecule has 0 N–H and O–H groups in total. The fraction of sp³-hybridized carbons (Fsp3) is 0.571. The van der Waals surface area contributed by atoms with E-state index in [1.54, 1.807) is 12.1 Å². The number of halogens is 2. The lowest BCUT2D eigenvalue weighted by molar-refractivity contribution is -0.385. The molecule has 3 nitrogen and oxygen atoms in total. The zero-order valence-electron chi connectivity index (χ0n) is 10.6. The van der Waals surface area contributed by atoms with Crippen molar-refractivity contribution in [2.24, 2.45) is 5.92 Å². The molecule has 0 aliphatic heterocycles. The quantitative estimate of drug-likeness (QED) is 0.329. The fourth-order valence-electron chi connectivity index (χ4n) is 2.73. The number of nitro groups is 1. The average molecular weight is 347 g/mol. The van der Waals surface area contributed by atoms with Crippen molar-refractivity contribution >= 4 is 33.2 Å². The number of hydrogen-bond acceptors (Lipinski definition) is 2. The van der Waals surface area contributed by atoms with Gasteiger partial charge in [0, 0.05) is 21.5 Å². The normalized spacial score (nSPS) is 23.9. The monoisotopic (exact) mass is 345 g/mol. The van der Waals surface area contributed by atoms with Crippen LogP contribution >= 0.6 is 27.5 Å². The van der Waals surface area contributed by atoms with E-state index in [9.17, 15) is 10.1 Å². The van der Waals surface area contributed by atoms with Gasteiger partial charge in [-0.1, -0.05) is 52.9 Å². The van der Waals surface area contributed by atoms with E-state index in [-0.39, 0.29) is 10.6 Å². The second kappa shape index (κ2) is 6.71. The molecular weight excluding hydrogens is 330 g/mol. The van der Waals surface area contributed by atoms with Crippen LogP contribution in [0, 0.1) is 16.0 Å². The first-order chi connectivity index (χ1) is 9.08. The highest BCUT2D eigenvalue weighted by Crippen LogP contribution is 2.34. The van der Waals surface area contributed by atoms with Gasteiger partial charge >= 0.3 is 0 Å². The lowest BCUT2D eigenvalue weighted by Crippen LogP contribution is -2.16. The molecule has 2 rings (SSSR count). The summed E-state index contributed by atoms with van der Waals surface area (Å²) in [6.07, 6.45) is 6.77. The minimum atomic E-state index is -0.332. The Morgan fingerprint density at radius 2 is 2.05 bits per heavy atom. The summed E-state index contributed by atoms with van der Waals surface area (Å²) in [4.78, 5) is 11.2. The average Bonchev–Trinajstić information content (AvgIpc) is 2.57. The summed E-state index contributed by atoms with van der Waals surface area (Å²) in [5.74, 6) is 0.474. The summed E-state index contributed by atoms with van der Waals surface area (Å²) in [6, 6.07) is 4.99. The van der Waals surface area contributed by atoms with Gasteiger partial charge in [-0.2, -0.15) is 0 Å². The molecule has 1 fully saturated rings. The molecule has 0 amide bonds. The number of rotatable bonds is 3. The van der Waals surface area contributed by atoms with Crippen LogP contribution in [0.1, 0.15) is 37.7 Å². The number of benzene rings is 1. The predicted octanol–water partition coefficient (Wildman–Crippen LogP) is 5.13. The van der Waals surface area contributed by atoms with Crippen LogP contribution in [0.3, 0.4) is 0 Å². The van der Waals surface area contributed by atoms with Crippen molar-refractivity contribution in [1.82, 2.24) is 0 Å². The Balaban J connectivity index is 2.19. The summed E-state index contributed by atoms with van der Waals surface area (Å²) in [6.45, 7) is 0. The molecule has 0 saturated heterocycles. The van der Waals surface area contributed by atoms with Crippen LogP contribution in [-0.4, -0.2) is 9.75 Å². The molecule has 1 aromatic rings. The van der Waals surface area contributed by atoms with Crippen LogP contribution in [-0.2, 0) is 6.42 Å². The minimum Gasteiger partial charge on any atom is -0.258 e. The third-order valence-electron chi connectivity index (χ3n) is 3.79. The van der Waals surface area contributed by atoms with E-state index in [4.69, 9.17) is 11.6 Å². The van der Waals surface area contributed by atoms with Gasteiger partial charge in [0.25, 0.3) is 5.69 Å². The molecule has 19 heavy (non-hydrogen) atoms. The first-order valence-electron chi connectivity index (χ1n) is 6.65. The second-order valence-corrected chi connectivity index (χ2v) is 6.76. The highest BCUT2D eigenvalue weighted by atomic mass is 79.9. The highest BCUT2D eigenvalue weighted by Gasteiger charge is 2.25. The maximum absolute atomic E-state index is 11.1. The molecule has 0 aromatic heterocycles. The number of nitro benzene ring substituents is 1. The SMILES string of the molecule is O=[N+]([O-])c1cc(Cl)ccc1CC1CCCCCC1Br. The predicted molar refractivity (Wildman–Crippen MR) is 81.1 cm³/mol. The van der Waals surface area contributed by atoms with E-state index >= 15 is 0 Å². The molecule has 1 aliphatic carbocycles. The summed E-state index contributed by atoms with van der Waals surface area (Å²) >= 11 is 9.59. The Bertz CT molecular complexity index is 467. The fourth-order valence-corrected chi connectivity index (χ4v) is 3.67. The molecule has 0 radical (unpaired) electrons. The molecule has 0 bridgehead atoms. The maximum Gasteiger partial charge on any atom is 0.274 e. The molecule has 1 aliphatic rings. The van der Waals surface area contributed by atoms with Crippen LogP contribution in [0.15, 0.2) is 18.2 Å². The van der Waals surface area contributed by atoms with Crippen molar-refractivity contribution in [1.29, 1.82) is 0 Å². The largest absolute Gasteiger partial charge is 0.274 e. The van der Waals surface area contributed by atoms with Crippen LogP contribution in [0.25, 0.3) is 0 Å². The van der Waals surface area contributed by atoms with Crippen molar-refractivity contribution in [2.75, 3.05) is 0 Å². The van der Waals surface area contributed by atoms with E-state index < -0.39 is 0 Å². The van der Waals surface area contributed by atoms with Crippen LogP contribution < -0.4 is 0 Å². The van der Waals surface area contributed by atoms with Gasteiger partial charge in [-0.25, -0.2) is 0 Å². The van der Waals surface area contributed by atoms with Gasteiger partial charge in [0.1, 0.15) is 0 Å². The molecule has 1 aromatic carbocycles. The molecule has 2 atom stereocenters. The minimum absolute atomic E-state index is 0.149. The van der Waals surface area contributed by atoms with E-state index in [2.05, 4.69) is 15.9 Å². The first-order valence-corrected chi connectivity index (χ1v) is 7.94. The third kappa shape index (κ3) is 3.93. The van der Waals surface area contributed by atoms with E-state index in [0.717, 1.165) is 24.8 Å². The summed E-state index contributed by atoms with van der Waals surface area (Å²) in [5.41, 5.74) is 0.946. The van der Waals surface area contributed by atoms with Gasteiger partial charge in [-0.15, -0.1) is 0 Å². The number of hydrogen-bond donors (Lipinski definition) is 0. The molecule has 104 valence electrons. The van der Waals surface area contributed by atoms with Gasteiger partial charge in [-0.05, 0) is 31.2 Å². The molecular formula is C14H17BrClNO2. The van der Waals surface area contributed by atoms with Crippen molar-refractivity contribution < 1.29 is 4.92 Å². The van der Waals surface area contributed by atoms with E-state index in [1.807, 2.05) is 0 Å². The molecule has 2 unspecified atom stereocenters.